The van der Waals surface area contributed by atoms with Crippen molar-refractivity contribution in [2.45, 2.75) is 26.2 Å². The van der Waals surface area contributed by atoms with Crippen molar-refractivity contribution >= 4 is 11.4 Å². The molecule has 3 aliphatic rings. The highest BCUT2D eigenvalue weighted by molar-refractivity contribution is 6.10. The molecule has 25 heavy (non-hydrogen) atoms. The molecular formula is C21H20F2N2. The Morgan fingerprint density at radius 2 is 1.96 bits per heavy atom. The summed E-state index contributed by atoms with van der Waals surface area (Å²) in [5.41, 5.74) is 1.98. The molecule has 1 spiro atoms. The first-order chi connectivity index (χ1) is 11.8. The Morgan fingerprint density at radius 3 is 2.72 bits per heavy atom. The highest BCUT2D eigenvalue weighted by atomic mass is 19.1. The van der Waals surface area contributed by atoms with Crippen molar-refractivity contribution in [3.8, 4) is 0 Å². The Hall–Kier alpha value is -2.49. The molecule has 1 aliphatic heterocycles. The van der Waals surface area contributed by atoms with E-state index in [1.807, 2.05) is 24.3 Å². The van der Waals surface area contributed by atoms with E-state index in [9.17, 15) is 8.78 Å². The molecule has 1 unspecified atom stereocenters. The Balaban J connectivity index is 1.80. The lowest BCUT2D eigenvalue weighted by molar-refractivity contribution is 0.559. The highest BCUT2D eigenvalue weighted by Crippen LogP contribution is 2.48. The molecule has 0 saturated heterocycles. The van der Waals surface area contributed by atoms with E-state index in [4.69, 9.17) is 0 Å². The predicted octanol–water partition coefficient (Wildman–Crippen LogP) is 5.36. The molecule has 0 fully saturated rings. The van der Waals surface area contributed by atoms with Crippen LogP contribution >= 0.6 is 0 Å². The Morgan fingerprint density at radius 1 is 1.16 bits per heavy atom. The average molecular weight is 338 g/mol. The van der Waals surface area contributed by atoms with Gasteiger partial charge < -0.3 is 0 Å². The van der Waals surface area contributed by atoms with Crippen LogP contribution in [0.4, 0.5) is 14.5 Å². The normalized spacial score (nSPS) is 24.9. The molecule has 128 valence electrons. The lowest BCUT2D eigenvalue weighted by Gasteiger charge is -2.32. The van der Waals surface area contributed by atoms with Gasteiger partial charge in [-0.1, -0.05) is 57.2 Å². The summed E-state index contributed by atoms with van der Waals surface area (Å²) in [4.78, 5) is 0. The Labute approximate surface area is 146 Å². The number of nitrogens with zero attached hydrogens (tertiary/aromatic N) is 2. The van der Waals surface area contributed by atoms with Crippen LogP contribution < -0.4 is 5.01 Å². The number of rotatable bonds is 1. The maximum atomic E-state index is 14.5. The second-order valence-electron chi connectivity index (χ2n) is 7.75. The fourth-order valence-corrected chi connectivity index (χ4v) is 3.60. The fourth-order valence-electron chi connectivity index (χ4n) is 3.60. The van der Waals surface area contributed by atoms with Gasteiger partial charge in [0.1, 0.15) is 11.5 Å². The van der Waals surface area contributed by atoms with Crippen molar-refractivity contribution in [2.75, 3.05) is 11.6 Å². The lowest BCUT2D eigenvalue weighted by atomic mass is 9.71. The SMILES string of the molecule is CC(C)(C)c1cccc(N2CC34C=CC=CC3=C(F)C=C(F)C4=N2)c1. The van der Waals surface area contributed by atoms with E-state index in [1.54, 1.807) is 17.2 Å². The van der Waals surface area contributed by atoms with Crippen LogP contribution in [0, 0.1) is 5.41 Å². The van der Waals surface area contributed by atoms with Gasteiger partial charge in [-0.25, -0.2) is 8.78 Å². The van der Waals surface area contributed by atoms with Crippen LogP contribution in [0.3, 0.4) is 0 Å². The number of hydrogen-bond donors (Lipinski definition) is 0. The zero-order valence-electron chi connectivity index (χ0n) is 14.6. The van der Waals surface area contributed by atoms with Gasteiger partial charge in [0, 0.05) is 11.6 Å². The molecular weight excluding hydrogens is 318 g/mol. The zero-order chi connectivity index (χ0) is 17.8. The lowest BCUT2D eigenvalue weighted by Crippen LogP contribution is -2.37. The summed E-state index contributed by atoms with van der Waals surface area (Å²) >= 11 is 0. The topological polar surface area (TPSA) is 15.6 Å². The number of halogens is 2. The molecule has 0 aromatic heterocycles. The molecule has 4 heteroatoms. The van der Waals surface area contributed by atoms with Crippen molar-refractivity contribution in [1.82, 2.24) is 0 Å². The fraction of sp³-hybridized carbons (Fsp3) is 0.286. The van der Waals surface area contributed by atoms with Crippen molar-refractivity contribution in [3.05, 3.63) is 77.4 Å². The van der Waals surface area contributed by atoms with Crippen molar-refractivity contribution in [3.63, 3.8) is 0 Å². The third-order valence-corrected chi connectivity index (χ3v) is 5.03. The molecule has 2 aliphatic carbocycles. The predicted molar refractivity (Wildman–Crippen MR) is 98.0 cm³/mol. The summed E-state index contributed by atoms with van der Waals surface area (Å²) in [5, 5.41) is 6.29. The van der Waals surface area contributed by atoms with E-state index in [0.29, 0.717) is 12.1 Å². The molecule has 2 nitrogen and oxygen atoms in total. The number of allylic oxidation sites excluding steroid dienone is 6. The monoisotopic (exact) mass is 338 g/mol. The first kappa shape index (κ1) is 16.0. The molecule has 0 radical (unpaired) electrons. The second-order valence-corrected chi connectivity index (χ2v) is 7.75. The largest absolute Gasteiger partial charge is 0.264 e. The zero-order valence-corrected chi connectivity index (χ0v) is 14.6. The van der Waals surface area contributed by atoms with E-state index in [0.717, 1.165) is 11.8 Å². The van der Waals surface area contributed by atoms with E-state index >= 15 is 0 Å². The average Bonchev–Trinajstić information content (AvgIpc) is 2.95. The van der Waals surface area contributed by atoms with Crippen LogP contribution in [0.15, 0.2) is 77.0 Å². The quantitative estimate of drug-likeness (QED) is 0.673. The van der Waals surface area contributed by atoms with Gasteiger partial charge in [-0.2, -0.15) is 5.10 Å². The first-order valence-corrected chi connectivity index (χ1v) is 8.42. The molecule has 1 heterocycles. The molecule has 0 amide bonds. The molecule has 1 aromatic rings. The molecule has 4 rings (SSSR count). The first-order valence-electron chi connectivity index (χ1n) is 8.42. The van der Waals surface area contributed by atoms with Crippen molar-refractivity contribution in [1.29, 1.82) is 0 Å². The summed E-state index contributed by atoms with van der Waals surface area (Å²) in [6, 6.07) is 8.08. The summed E-state index contributed by atoms with van der Waals surface area (Å²) < 4.78 is 28.8. The molecule has 0 bridgehead atoms. The summed E-state index contributed by atoms with van der Waals surface area (Å²) in [6.45, 7) is 6.83. The van der Waals surface area contributed by atoms with Gasteiger partial charge >= 0.3 is 0 Å². The number of hydrogen-bond acceptors (Lipinski definition) is 2. The standard InChI is InChI=1S/C21H20F2N2/c1-20(2,3)14-7-6-8-15(11-14)25-13-21-10-5-4-9-16(21)17(22)12-18(23)19(21)24-25/h4-12H,13H2,1-3H3. The van der Waals surface area contributed by atoms with E-state index in [-0.39, 0.29) is 11.1 Å². The minimum absolute atomic E-state index is 0.00370. The van der Waals surface area contributed by atoms with Gasteiger partial charge in [-0.15, -0.1) is 0 Å². The van der Waals surface area contributed by atoms with Crippen LogP contribution in [-0.4, -0.2) is 12.3 Å². The maximum absolute atomic E-state index is 14.5. The maximum Gasteiger partial charge on any atom is 0.150 e. The second kappa shape index (κ2) is 5.25. The van der Waals surface area contributed by atoms with Crippen LogP contribution in [0.5, 0.6) is 0 Å². The van der Waals surface area contributed by atoms with Gasteiger partial charge in [0.15, 0.2) is 5.83 Å². The summed E-state index contributed by atoms with van der Waals surface area (Å²) in [6.07, 6.45) is 8.10. The number of hydrazone groups is 1. The van der Waals surface area contributed by atoms with E-state index < -0.39 is 17.1 Å². The van der Waals surface area contributed by atoms with Gasteiger partial charge in [-0.05, 0) is 23.1 Å². The van der Waals surface area contributed by atoms with Gasteiger partial charge in [0.05, 0.1) is 17.6 Å². The van der Waals surface area contributed by atoms with Gasteiger partial charge in [-0.3, -0.25) is 5.01 Å². The Bertz CT molecular complexity index is 897. The van der Waals surface area contributed by atoms with Crippen LogP contribution in [0.2, 0.25) is 0 Å². The van der Waals surface area contributed by atoms with Gasteiger partial charge in [0.2, 0.25) is 0 Å². The van der Waals surface area contributed by atoms with Crippen LogP contribution in [0.25, 0.3) is 0 Å². The van der Waals surface area contributed by atoms with E-state index in [2.05, 4.69) is 38.0 Å². The number of benzene rings is 1. The molecule has 1 aromatic carbocycles. The summed E-state index contributed by atoms with van der Waals surface area (Å²) in [5.74, 6) is -1.13. The highest BCUT2D eigenvalue weighted by Gasteiger charge is 2.49. The van der Waals surface area contributed by atoms with E-state index in [1.165, 1.54) is 5.56 Å². The number of anilines is 1. The molecule has 0 N–H and O–H groups in total. The Kier molecular flexibility index (Phi) is 3.36. The molecule has 0 saturated carbocycles. The smallest absolute Gasteiger partial charge is 0.150 e. The summed E-state index contributed by atoms with van der Waals surface area (Å²) in [7, 11) is 0. The van der Waals surface area contributed by atoms with Crippen molar-refractivity contribution in [2.24, 2.45) is 10.5 Å². The van der Waals surface area contributed by atoms with Crippen LogP contribution in [0.1, 0.15) is 26.3 Å². The van der Waals surface area contributed by atoms with Crippen LogP contribution in [-0.2, 0) is 5.41 Å². The molecule has 1 atom stereocenters. The minimum atomic E-state index is -0.852. The minimum Gasteiger partial charge on any atom is -0.264 e. The van der Waals surface area contributed by atoms with Gasteiger partial charge in [0.25, 0.3) is 0 Å². The third kappa shape index (κ3) is 2.39. The third-order valence-electron chi connectivity index (χ3n) is 5.03. The van der Waals surface area contributed by atoms with Crippen molar-refractivity contribution < 1.29 is 8.78 Å².